The van der Waals surface area contributed by atoms with Crippen molar-refractivity contribution < 1.29 is 9.18 Å². The second kappa shape index (κ2) is 6.36. The van der Waals surface area contributed by atoms with Crippen LogP contribution in [0.15, 0.2) is 57.4 Å². The Morgan fingerprint density at radius 1 is 1.19 bits per heavy atom. The van der Waals surface area contributed by atoms with Crippen LogP contribution in [0.3, 0.4) is 0 Å². The molecule has 27 heavy (non-hydrogen) atoms. The molecule has 1 amide bonds. The Bertz CT molecular complexity index is 1270. The molecule has 0 spiro atoms. The molecule has 1 aromatic carbocycles. The van der Waals surface area contributed by atoms with E-state index in [2.05, 4.69) is 10.5 Å². The fourth-order valence-electron chi connectivity index (χ4n) is 2.85. The number of carbonyl (C=O) groups is 1. The Hall–Kier alpha value is -3.46. The zero-order valence-corrected chi connectivity index (χ0v) is 14.8. The van der Waals surface area contributed by atoms with E-state index in [9.17, 15) is 18.8 Å². The Morgan fingerprint density at radius 2 is 1.93 bits per heavy atom. The van der Waals surface area contributed by atoms with Crippen molar-refractivity contribution in [1.82, 2.24) is 14.5 Å². The predicted octanol–water partition coefficient (Wildman–Crippen LogP) is 2.37. The molecule has 9 heteroatoms. The number of rotatable bonds is 3. The van der Waals surface area contributed by atoms with E-state index >= 15 is 0 Å². The van der Waals surface area contributed by atoms with Gasteiger partial charge in [0.1, 0.15) is 5.82 Å². The molecule has 0 fully saturated rings. The van der Waals surface area contributed by atoms with Crippen molar-refractivity contribution in [2.45, 2.75) is 6.92 Å². The highest BCUT2D eigenvalue weighted by Crippen LogP contribution is 2.14. The Labute approximate surface area is 155 Å². The fraction of sp³-hybridized carbons (Fsp3) is 0.0556. The van der Waals surface area contributed by atoms with E-state index in [1.807, 2.05) is 0 Å². The first kappa shape index (κ1) is 17.0. The highest BCUT2D eigenvalue weighted by molar-refractivity contribution is 7.12. The summed E-state index contributed by atoms with van der Waals surface area (Å²) in [7, 11) is 0. The van der Waals surface area contributed by atoms with Gasteiger partial charge in [0.2, 0.25) is 0 Å². The maximum atomic E-state index is 13.1. The van der Waals surface area contributed by atoms with Crippen LogP contribution in [-0.4, -0.2) is 20.4 Å². The average Bonchev–Trinajstić information content (AvgIpc) is 3.28. The number of H-pyrrole nitrogens is 1. The second-order valence-corrected chi connectivity index (χ2v) is 6.79. The van der Waals surface area contributed by atoms with Crippen molar-refractivity contribution in [2.75, 3.05) is 5.43 Å². The molecule has 3 heterocycles. The molecule has 4 rings (SSSR count). The minimum absolute atomic E-state index is 0.255. The molecule has 136 valence electrons. The normalized spacial score (nSPS) is 11.0. The Balaban J connectivity index is 1.85. The summed E-state index contributed by atoms with van der Waals surface area (Å²) in [6.07, 6.45) is 0. The molecule has 0 aliphatic rings. The minimum Gasteiger partial charge on any atom is -0.290 e. The summed E-state index contributed by atoms with van der Waals surface area (Å²) in [5, 5.41) is 4.85. The summed E-state index contributed by atoms with van der Waals surface area (Å²) in [6, 6.07) is 9.97. The molecular weight excluding hydrogens is 371 g/mol. The van der Waals surface area contributed by atoms with E-state index in [0.29, 0.717) is 21.8 Å². The highest BCUT2D eigenvalue weighted by atomic mass is 32.1. The zero-order chi connectivity index (χ0) is 19.1. The Morgan fingerprint density at radius 3 is 2.59 bits per heavy atom. The van der Waals surface area contributed by atoms with E-state index < -0.39 is 22.8 Å². The number of hydrogen-bond acceptors (Lipinski definition) is 4. The van der Waals surface area contributed by atoms with Gasteiger partial charge in [0, 0.05) is 6.07 Å². The minimum atomic E-state index is -0.489. The third-order valence-electron chi connectivity index (χ3n) is 4.15. The standard InChI is InChI=1S/C18H13FN4O3S/c1-10-16-13(20-23(18(16)26)12-6-4-11(19)5-7-12)9-15(24)22(10)21-17(25)14-3-2-8-27-14/h2-9,20H,1H3,(H,21,25). The van der Waals surface area contributed by atoms with E-state index in [1.165, 1.54) is 46.4 Å². The number of benzene rings is 1. The van der Waals surface area contributed by atoms with Crippen LogP contribution in [0.25, 0.3) is 16.6 Å². The van der Waals surface area contributed by atoms with Crippen LogP contribution in [0.5, 0.6) is 0 Å². The van der Waals surface area contributed by atoms with Crippen molar-refractivity contribution in [2.24, 2.45) is 0 Å². The number of halogens is 1. The van der Waals surface area contributed by atoms with Crippen LogP contribution in [0.1, 0.15) is 15.4 Å². The smallest absolute Gasteiger partial charge is 0.280 e. The van der Waals surface area contributed by atoms with Gasteiger partial charge in [-0.1, -0.05) is 6.07 Å². The number of amides is 1. The monoisotopic (exact) mass is 384 g/mol. The van der Waals surface area contributed by atoms with Gasteiger partial charge in [-0.05, 0) is 42.6 Å². The molecule has 0 saturated carbocycles. The number of aromatic amines is 1. The lowest BCUT2D eigenvalue weighted by molar-refractivity contribution is 0.101. The summed E-state index contributed by atoms with van der Waals surface area (Å²) in [4.78, 5) is 38.0. The van der Waals surface area contributed by atoms with Gasteiger partial charge in [0.05, 0.1) is 27.2 Å². The summed E-state index contributed by atoms with van der Waals surface area (Å²) >= 11 is 1.24. The van der Waals surface area contributed by atoms with E-state index in [-0.39, 0.29) is 5.39 Å². The molecule has 0 bridgehead atoms. The van der Waals surface area contributed by atoms with Crippen molar-refractivity contribution in [3.05, 3.63) is 84.9 Å². The predicted molar refractivity (Wildman–Crippen MR) is 101 cm³/mol. The largest absolute Gasteiger partial charge is 0.290 e. The molecule has 0 aliphatic heterocycles. The molecule has 0 radical (unpaired) electrons. The van der Waals surface area contributed by atoms with Crippen molar-refractivity contribution in [3.63, 3.8) is 0 Å². The summed E-state index contributed by atoms with van der Waals surface area (Å²) < 4.78 is 15.4. The van der Waals surface area contributed by atoms with Gasteiger partial charge in [0.15, 0.2) is 0 Å². The third-order valence-corrected chi connectivity index (χ3v) is 5.02. The van der Waals surface area contributed by atoms with E-state index in [4.69, 9.17) is 0 Å². The lowest BCUT2D eigenvalue weighted by Gasteiger charge is -2.10. The molecule has 0 saturated heterocycles. The number of pyridine rings is 1. The molecular formula is C18H13FN4O3S. The highest BCUT2D eigenvalue weighted by Gasteiger charge is 2.17. The first-order chi connectivity index (χ1) is 13.0. The lowest BCUT2D eigenvalue weighted by Crippen LogP contribution is -2.34. The van der Waals surface area contributed by atoms with Crippen LogP contribution in [0.2, 0.25) is 0 Å². The van der Waals surface area contributed by atoms with Gasteiger partial charge in [-0.25, -0.2) is 13.7 Å². The van der Waals surface area contributed by atoms with Crippen LogP contribution in [-0.2, 0) is 0 Å². The van der Waals surface area contributed by atoms with Crippen LogP contribution in [0, 0.1) is 12.7 Å². The molecule has 2 N–H and O–H groups in total. The molecule has 0 unspecified atom stereocenters. The summed E-state index contributed by atoms with van der Waals surface area (Å²) in [5.74, 6) is -0.862. The maximum absolute atomic E-state index is 13.1. The number of fused-ring (bicyclic) bond motifs is 1. The van der Waals surface area contributed by atoms with Crippen LogP contribution in [0.4, 0.5) is 4.39 Å². The number of hydrogen-bond donors (Lipinski definition) is 2. The van der Waals surface area contributed by atoms with Crippen LogP contribution >= 0.6 is 11.3 Å². The summed E-state index contributed by atoms with van der Waals surface area (Å²) in [6.45, 7) is 1.57. The van der Waals surface area contributed by atoms with Gasteiger partial charge in [0.25, 0.3) is 17.0 Å². The van der Waals surface area contributed by atoms with Crippen molar-refractivity contribution in [3.8, 4) is 5.69 Å². The number of aryl methyl sites for hydroxylation is 1. The first-order valence-electron chi connectivity index (χ1n) is 7.94. The summed E-state index contributed by atoms with van der Waals surface area (Å²) in [5.41, 5.74) is 2.68. The number of nitrogens with zero attached hydrogens (tertiary/aromatic N) is 2. The third kappa shape index (κ3) is 2.87. The molecule has 3 aromatic heterocycles. The molecule has 4 aromatic rings. The SMILES string of the molecule is Cc1c2c(=O)n(-c3ccc(F)cc3)[nH]c2cc(=O)n1NC(=O)c1cccs1. The van der Waals surface area contributed by atoms with Gasteiger partial charge < -0.3 is 0 Å². The quantitative estimate of drug-likeness (QED) is 0.568. The Kier molecular flexibility index (Phi) is 4.00. The maximum Gasteiger partial charge on any atom is 0.280 e. The van der Waals surface area contributed by atoms with Gasteiger partial charge in [-0.15, -0.1) is 11.3 Å². The number of aromatic nitrogens is 3. The van der Waals surface area contributed by atoms with Crippen molar-refractivity contribution in [1.29, 1.82) is 0 Å². The van der Waals surface area contributed by atoms with Gasteiger partial charge in [-0.2, -0.15) is 0 Å². The molecule has 0 aliphatic carbocycles. The van der Waals surface area contributed by atoms with Crippen LogP contribution < -0.4 is 16.5 Å². The number of thiophene rings is 1. The first-order valence-corrected chi connectivity index (χ1v) is 8.82. The number of carbonyl (C=O) groups excluding carboxylic acids is 1. The van der Waals surface area contributed by atoms with Gasteiger partial charge in [-0.3, -0.25) is 24.9 Å². The average molecular weight is 384 g/mol. The second-order valence-electron chi connectivity index (χ2n) is 5.84. The topological polar surface area (TPSA) is 88.9 Å². The lowest BCUT2D eigenvalue weighted by atomic mass is 10.2. The zero-order valence-electron chi connectivity index (χ0n) is 14.0. The molecule has 0 atom stereocenters. The van der Waals surface area contributed by atoms with E-state index in [0.717, 1.165) is 4.68 Å². The number of nitrogens with one attached hydrogen (secondary N) is 2. The fourth-order valence-corrected chi connectivity index (χ4v) is 3.46. The van der Waals surface area contributed by atoms with Crippen molar-refractivity contribution >= 4 is 28.1 Å². The molecule has 7 nitrogen and oxygen atoms in total. The van der Waals surface area contributed by atoms with E-state index in [1.54, 1.807) is 24.4 Å². The van der Waals surface area contributed by atoms with Gasteiger partial charge >= 0.3 is 0 Å².